The van der Waals surface area contributed by atoms with E-state index in [2.05, 4.69) is 35.8 Å². The van der Waals surface area contributed by atoms with Crippen LogP contribution in [0, 0.1) is 5.82 Å². The van der Waals surface area contributed by atoms with Crippen molar-refractivity contribution in [1.29, 1.82) is 0 Å². The van der Waals surface area contributed by atoms with Crippen LogP contribution in [0.25, 0.3) is 0 Å². The number of hydrogen-bond acceptors (Lipinski definition) is 8. The van der Waals surface area contributed by atoms with Crippen LogP contribution in [0.15, 0.2) is 24.5 Å². The standard InChI is InChI=1S/C18H24FN7O/c19-15-12-23-18(25-17(15)22-10-13-2-1-5-20-13)24-14-3-4-16(21-11-14)26-6-8-27-9-7-26/h3-4,11-13,20H,1-2,5-10H2,(H2,22,23,24,25). The minimum atomic E-state index is -0.459. The number of hydrogen-bond donors (Lipinski definition) is 3. The third-order valence-corrected chi connectivity index (χ3v) is 4.76. The van der Waals surface area contributed by atoms with Crippen LogP contribution in [0.2, 0.25) is 0 Å². The summed E-state index contributed by atoms with van der Waals surface area (Å²) in [4.78, 5) is 14.9. The van der Waals surface area contributed by atoms with Crippen molar-refractivity contribution in [3.63, 3.8) is 0 Å². The van der Waals surface area contributed by atoms with E-state index in [1.54, 1.807) is 6.20 Å². The van der Waals surface area contributed by atoms with Gasteiger partial charge in [-0.25, -0.2) is 14.4 Å². The Balaban J connectivity index is 1.38. The minimum absolute atomic E-state index is 0.207. The Kier molecular flexibility index (Phi) is 5.59. The van der Waals surface area contributed by atoms with Gasteiger partial charge in [-0.2, -0.15) is 4.98 Å². The molecule has 4 rings (SSSR count). The Labute approximate surface area is 157 Å². The molecule has 27 heavy (non-hydrogen) atoms. The van der Waals surface area contributed by atoms with E-state index < -0.39 is 5.82 Å². The van der Waals surface area contributed by atoms with Gasteiger partial charge in [-0.05, 0) is 31.5 Å². The van der Waals surface area contributed by atoms with Gasteiger partial charge in [-0.1, -0.05) is 0 Å². The SMILES string of the molecule is Fc1cnc(Nc2ccc(N3CCOCC3)nc2)nc1NCC1CCCN1. The quantitative estimate of drug-likeness (QED) is 0.706. The van der Waals surface area contributed by atoms with Gasteiger partial charge in [-0.15, -0.1) is 0 Å². The van der Waals surface area contributed by atoms with Gasteiger partial charge in [-0.3, -0.25) is 0 Å². The number of ether oxygens (including phenoxy) is 1. The fourth-order valence-corrected chi connectivity index (χ4v) is 3.27. The van der Waals surface area contributed by atoms with Crippen molar-refractivity contribution < 1.29 is 9.13 Å². The van der Waals surface area contributed by atoms with Crippen LogP contribution in [0.3, 0.4) is 0 Å². The van der Waals surface area contributed by atoms with Gasteiger partial charge in [0, 0.05) is 25.7 Å². The Morgan fingerprint density at radius 1 is 1.22 bits per heavy atom. The third kappa shape index (κ3) is 4.61. The average Bonchev–Trinajstić information content (AvgIpc) is 3.23. The molecular weight excluding hydrogens is 349 g/mol. The number of nitrogens with one attached hydrogen (secondary N) is 3. The molecule has 8 nitrogen and oxygen atoms in total. The normalized spacial score (nSPS) is 19.9. The van der Waals surface area contributed by atoms with Gasteiger partial charge in [0.15, 0.2) is 11.6 Å². The third-order valence-electron chi connectivity index (χ3n) is 4.76. The summed E-state index contributed by atoms with van der Waals surface area (Å²) in [6, 6.07) is 4.22. The monoisotopic (exact) mass is 373 g/mol. The molecule has 2 aromatic rings. The Morgan fingerprint density at radius 2 is 2.11 bits per heavy atom. The van der Waals surface area contributed by atoms with E-state index in [0.29, 0.717) is 18.5 Å². The number of anilines is 4. The number of halogens is 1. The number of morpholine rings is 1. The first-order valence-electron chi connectivity index (χ1n) is 9.33. The fourth-order valence-electron chi connectivity index (χ4n) is 3.27. The molecule has 0 saturated carbocycles. The number of nitrogens with zero attached hydrogens (tertiary/aromatic N) is 4. The van der Waals surface area contributed by atoms with Crippen molar-refractivity contribution in [3.8, 4) is 0 Å². The fraction of sp³-hybridized carbons (Fsp3) is 0.500. The first-order chi connectivity index (χ1) is 13.3. The predicted molar refractivity (Wildman–Crippen MR) is 102 cm³/mol. The van der Waals surface area contributed by atoms with Crippen LogP contribution < -0.4 is 20.9 Å². The molecule has 0 aliphatic carbocycles. The van der Waals surface area contributed by atoms with E-state index in [9.17, 15) is 4.39 Å². The molecule has 4 heterocycles. The van der Waals surface area contributed by atoms with Crippen molar-refractivity contribution in [1.82, 2.24) is 20.3 Å². The van der Waals surface area contributed by atoms with E-state index in [-0.39, 0.29) is 5.82 Å². The topological polar surface area (TPSA) is 87.2 Å². The smallest absolute Gasteiger partial charge is 0.229 e. The number of aromatic nitrogens is 3. The van der Waals surface area contributed by atoms with Crippen molar-refractivity contribution in [3.05, 3.63) is 30.3 Å². The summed E-state index contributed by atoms with van der Waals surface area (Å²) in [6.07, 6.45) is 5.15. The molecule has 0 aromatic carbocycles. The molecule has 2 aromatic heterocycles. The second kappa shape index (κ2) is 8.45. The van der Waals surface area contributed by atoms with Crippen LogP contribution in [0.5, 0.6) is 0 Å². The lowest BCUT2D eigenvalue weighted by molar-refractivity contribution is 0.122. The molecule has 2 saturated heterocycles. The maximum absolute atomic E-state index is 14.0. The van der Waals surface area contributed by atoms with Gasteiger partial charge in [0.2, 0.25) is 5.95 Å². The van der Waals surface area contributed by atoms with E-state index >= 15 is 0 Å². The summed E-state index contributed by atoms with van der Waals surface area (Å²) in [7, 11) is 0. The summed E-state index contributed by atoms with van der Waals surface area (Å²) in [5, 5.41) is 9.52. The molecule has 0 amide bonds. The van der Waals surface area contributed by atoms with Gasteiger partial charge >= 0.3 is 0 Å². The molecule has 2 aliphatic rings. The summed E-state index contributed by atoms with van der Waals surface area (Å²) in [6.45, 7) is 4.77. The number of rotatable bonds is 6. The lowest BCUT2D eigenvalue weighted by Gasteiger charge is -2.27. The molecule has 0 spiro atoms. The summed E-state index contributed by atoms with van der Waals surface area (Å²) < 4.78 is 19.3. The molecule has 0 radical (unpaired) electrons. The van der Waals surface area contributed by atoms with Crippen LogP contribution >= 0.6 is 0 Å². The molecule has 9 heteroatoms. The van der Waals surface area contributed by atoms with Crippen LogP contribution in [-0.2, 0) is 4.74 Å². The molecule has 1 unspecified atom stereocenters. The second-order valence-corrected chi connectivity index (χ2v) is 6.69. The highest BCUT2D eigenvalue weighted by Crippen LogP contribution is 2.19. The summed E-state index contributed by atoms with van der Waals surface area (Å²) in [5.74, 6) is 0.993. The van der Waals surface area contributed by atoms with Gasteiger partial charge in [0.25, 0.3) is 0 Å². The predicted octanol–water partition coefficient (Wildman–Crippen LogP) is 1.75. The molecule has 3 N–H and O–H groups in total. The summed E-state index contributed by atoms with van der Waals surface area (Å²) in [5.41, 5.74) is 0.752. The lowest BCUT2D eigenvalue weighted by Crippen LogP contribution is -2.36. The molecule has 0 bridgehead atoms. The van der Waals surface area contributed by atoms with Gasteiger partial charge < -0.3 is 25.6 Å². The van der Waals surface area contributed by atoms with Crippen LogP contribution in [0.1, 0.15) is 12.8 Å². The second-order valence-electron chi connectivity index (χ2n) is 6.69. The maximum Gasteiger partial charge on any atom is 0.229 e. The van der Waals surface area contributed by atoms with E-state index in [0.717, 1.165) is 57.2 Å². The van der Waals surface area contributed by atoms with Crippen molar-refractivity contribution in [2.24, 2.45) is 0 Å². The highest BCUT2D eigenvalue weighted by molar-refractivity contribution is 5.56. The molecular formula is C18H24FN7O. The zero-order valence-corrected chi connectivity index (χ0v) is 15.1. The van der Waals surface area contributed by atoms with Crippen molar-refractivity contribution in [2.75, 3.05) is 54.9 Å². The van der Waals surface area contributed by atoms with E-state index in [1.807, 2.05) is 12.1 Å². The Bertz CT molecular complexity index is 746. The largest absolute Gasteiger partial charge is 0.378 e. The van der Waals surface area contributed by atoms with Crippen molar-refractivity contribution >= 4 is 23.3 Å². The first kappa shape index (κ1) is 17.9. The highest BCUT2D eigenvalue weighted by Gasteiger charge is 2.16. The Morgan fingerprint density at radius 3 is 2.85 bits per heavy atom. The molecule has 144 valence electrons. The van der Waals surface area contributed by atoms with Crippen LogP contribution in [-0.4, -0.2) is 60.4 Å². The Hall–Kier alpha value is -2.52. The minimum Gasteiger partial charge on any atom is -0.378 e. The lowest BCUT2D eigenvalue weighted by atomic mass is 10.2. The summed E-state index contributed by atoms with van der Waals surface area (Å²) >= 11 is 0. The van der Waals surface area contributed by atoms with E-state index in [4.69, 9.17) is 4.74 Å². The highest BCUT2D eigenvalue weighted by atomic mass is 19.1. The first-order valence-corrected chi connectivity index (χ1v) is 9.33. The van der Waals surface area contributed by atoms with Crippen molar-refractivity contribution in [2.45, 2.75) is 18.9 Å². The van der Waals surface area contributed by atoms with Gasteiger partial charge in [0.1, 0.15) is 5.82 Å². The van der Waals surface area contributed by atoms with Gasteiger partial charge in [0.05, 0.1) is 31.3 Å². The average molecular weight is 373 g/mol. The van der Waals surface area contributed by atoms with Crippen LogP contribution in [0.4, 0.5) is 27.7 Å². The zero-order valence-electron chi connectivity index (χ0n) is 15.1. The maximum atomic E-state index is 14.0. The zero-order chi connectivity index (χ0) is 18.5. The molecule has 2 aliphatic heterocycles. The number of pyridine rings is 1. The van der Waals surface area contributed by atoms with E-state index in [1.165, 1.54) is 6.20 Å². The molecule has 2 fully saturated rings. The molecule has 1 atom stereocenters.